The first-order valence-corrected chi connectivity index (χ1v) is 7.83. The smallest absolute Gasteiger partial charge is 0.256 e. The van der Waals surface area contributed by atoms with Gasteiger partial charge in [0, 0.05) is 16.1 Å². The molecule has 3 aromatic carbocycles. The number of carbonyl (C=O) groups is 1. The maximum absolute atomic E-state index is 13.9. The summed E-state index contributed by atoms with van der Waals surface area (Å²) in [6.07, 6.45) is 0. The number of rotatable bonds is 3. The number of halogens is 2. The molecule has 0 heterocycles. The number of amides is 1. The van der Waals surface area contributed by atoms with Gasteiger partial charge in [0.1, 0.15) is 5.82 Å². The van der Waals surface area contributed by atoms with Crippen LogP contribution in [0.25, 0.3) is 11.1 Å². The summed E-state index contributed by atoms with van der Waals surface area (Å²) >= 11 is 5.86. The van der Waals surface area contributed by atoms with Crippen molar-refractivity contribution in [3.63, 3.8) is 0 Å². The summed E-state index contributed by atoms with van der Waals surface area (Å²) in [6, 6.07) is 19.9. The van der Waals surface area contributed by atoms with Crippen LogP contribution in [0.2, 0.25) is 5.02 Å². The molecular weight excluding hydrogens is 339 g/mol. The van der Waals surface area contributed by atoms with E-state index in [0.29, 0.717) is 27.3 Å². The van der Waals surface area contributed by atoms with Crippen molar-refractivity contribution in [1.82, 2.24) is 0 Å². The fourth-order valence-corrected chi connectivity index (χ4v) is 2.69. The summed E-state index contributed by atoms with van der Waals surface area (Å²) in [5.74, 6) is -1.06. The predicted molar refractivity (Wildman–Crippen MR) is 96.0 cm³/mol. The minimum atomic E-state index is -0.576. The lowest BCUT2D eigenvalue weighted by atomic mass is 9.95. The molecule has 122 valence electrons. The van der Waals surface area contributed by atoms with Crippen LogP contribution in [0.15, 0.2) is 66.7 Å². The van der Waals surface area contributed by atoms with E-state index < -0.39 is 11.7 Å². The Morgan fingerprint density at radius 1 is 1.00 bits per heavy atom. The monoisotopic (exact) mass is 350 g/mol. The summed E-state index contributed by atoms with van der Waals surface area (Å²) in [6.45, 7) is 0. The highest BCUT2D eigenvalue weighted by Gasteiger charge is 2.16. The van der Waals surface area contributed by atoms with E-state index in [1.165, 1.54) is 18.2 Å². The number of hydrogen-bond acceptors (Lipinski definition) is 2. The number of carbonyl (C=O) groups excluding carboxylic acids is 1. The standard InChI is InChI=1S/C20H12ClFN2O/c21-14-9-10-18(22)19(11-14)24-20(25)17-8-4-3-7-16(17)15-6-2-1-5-13(15)12-23/h1-11H,(H,24,25). The van der Waals surface area contributed by atoms with Crippen molar-refractivity contribution in [1.29, 1.82) is 5.26 Å². The zero-order valence-electron chi connectivity index (χ0n) is 13.0. The van der Waals surface area contributed by atoms with Crippen molar-refractivity contribution in [3.05, 3.63) is 88.7 Å². The predicted octanol–water partition coefficient (Wildman–Crippen LogP) is 5.27. The zero-order chi connectivity index (χ0) is 17.8. The lowest BCUT2D eigenvalue weighted by Gasteiger charge is -2.12. The largest absolute Gasteiger partial charge is 0.319 e. The van der Waals surface area contributed by atoms with Gasteiger partial charge in [0.2, 0.25) is 0 Å². The van der Waals surface area contributed by atoms with Crippen molar-refractivity contribution < 1.29 is 9.18 Å². The molecule has 0 saturated heterocycles. The topological polar surface area (TPSA) is 52.9 Å². The minimum Gasteiger partial charge on any atom is -0.319 e. The summed E-state index contributed by atoms with van der Waals surface area (Å²) in [7, 11) is 0. The first-order valence-electron chi connectivity index (χ1n) is 7.45. The average molecular weight is 351 g/mol. The van der Waals surface area contributed by atoms with E-state index in [9.17, 15) is 14.4 Å². The fraction of sp³-hybridized carbons (Fsp3) is 0. The fourth-order valence-electron chi connectivity index (χ4n) is 2.51. The van der Waals surface area contributed by atoms with Crippen LogP contribution in [0.1, 0.15) is 15.9 Å². The third kappa shape index (κ3) is 3.52. The molecule has 0 atom stereocenters. The van der Waals surface area contributed by atoms with E-state index in [2.05, 4.69) is 11.4 Å². The number of nitrogens with one attached hydrogen (secondary N) is 1. The molecule has 0 bridgehead atoms. The van der Waals surface area contributed by atoms with Crippen LogP contribution < -0.4 is 5.32 Å². The Hall–Kier alpha value is -3.16. The lowest BCUT2D eigenvalue weighted by molar-refractivity contribution is 0.102. The van der Waals surface area contributed by atoms with Gasteiger partial charge < -0.3 is 5.32 Å². The number of benzene rings is 3. The lowest BCUT2D eigenvalue weighted by Crippen LogP contribution is -2.14. The summed E-state index contributed by atoms with van der Waals surface area (Å²) in [4.78, 5) is 12.7. The van der Waals surface area contributed by atoms with Gasteiger partial charge in [-0.15, -0.1) is 0 Å². The molecule has 0 saturated carbocycles. The van der Waals surface area contributed by atoms with Crippen LogP contribution in [0.4, 0.5) is 10.1 Å². The van der Waals surface area contributed by atoms with Gasteiger partial charge in [-0.3, -0.25) is 4.79 Å². The third-order valence-electron chi connectivity index (χ3n) is 3.69. The Kier molecular flexibility index (Phi) is 4.78. The Morgan fingerprint density at radius 3 is 2.44 bits per heavy atom. The van der Waals surface area contributed by atoms with Gasteiger partial charge in [0.25, 0.3) is 5.91 Å². The van der Waals surface area contributed by atoms with E-state index in [0.717, 1.165) is 0 Å². The maximum Gasteiger partial charge on any atom is 0.256 e. The molecule has 25 heavy (non-hydrogen) atoms. The van der Waals surface area contributed by atoms with Crippen molar-refractivity contribution >= 4 is 23.2 Å². The van der Waals surface area contributed by atoms with Gasteiger partial charge in [0.05, 0.1) is 17.3 Å². The van der Waals surface area contributed by atoms with Crippen LogP contribution in [-0.2, 0) is 0 Å². The van der Waals surface area contributed by atoms with Gasteiger partial charge in [-0.05, 0) is 35.9 Å². The van der Waals surface area contributed by atoms with Crippen LogP contribution in [-0.4, -0.2) is 5.91 Å². The number of anilines is 1. The highest BCUT2D eigenvalue weighted by Crippen LogP contribution is 2.28. The molecule has 0 unspecified atom stereocenters. The van der Waals surface area contributed by atoms with E-state index in [1.807, 2.05) is 0 Å². The third-order valence-corrected chi connectivity index (χ3v) is 3.92. The molecule has 1 N–H and O–H groups in total. The molecule has 3 rings (SSSR count). The first-order chi connectivity index (χ1) is 12.1. The molecule has 0 radical (unpaired) electrons. The molecule has 3 aromatic rings. The highest BCUT2D eigenvalue weighted by molar-refractivity contribution is 6.31. The maximum atomic E-state index is 13.9. The molecule has 0 aliphatic heterocycles. The normalized spacial score (nSPS) is 10.1. The Labute approximate surface area is 149 Å². The molecule has 0 fully saturated rings. The van der Waals surface area contributed by atoms with Crippen molar-refractivity contribution in [2.75, 3.05) is 5.32 Å². The van der Waals surface area contributed by atoms with Crippen molar-refractivity contribution in [2.24, 2.45) is 0 Å². The summed E-state index contributed by atoms with van der Waals surface area (Å²) in [5, 5.41) is 12.1. The molecule has 3 nitrogen and oxygen atoms in total. The van der Waals surface area contributed by atoms with Gasteiger partial charge in [0.15, 0.2) is 0 Å². The minimum absolute atomic E-state index is 0.000807. The van der Waals surface area contributed by atoms with Crippen LogP contribution in [0.3, 0.4) is 0 Å². The molecular formula is C20H12ClFN2O. The van der Waals surface area contributed by atoms with E-state index in [4.69, 9.17) is 11.6 Å². The Balaban J connectivity index is 2.03. The molecule has 0 aromatic heterocycles. The van der Waals surface area contributed by atoms with Gasteiger partial charge >= 0.3 is 0 Å². The second-order valence-corrected chi connectivity index (χ2v) is 5.72. The molecule has 0 aliphatic rings. The van der Waals surface area contributed by atoms with Crippen molar-refractivity contribution in [3.8, 4) is 17.2 Å². The summed E-state index contributed by atoms with van der Waals surface area (Å²) in [5.41, 5.74) is 2.03. The Bertz CT molecular complexity index is 995. The quantitative estimate of drug-likeness (QED) is 0.699. The SMILES string of the molecule is N#Cc1ccccc1-c1ccccc1C(=O)Nc1cc(Cl)ccc1F. The molecule has 5 heteroatoms. The second-order valence-electron chi connectivity index (χ2n) is 5.28. The molecule has 0 aliphatic carbocycles. The van der Waals surface area contributed by atoms with Crippen LogP contribution >= 0.6 is 11.6 Å². The number of nitriles is 1. The Morgan fingerprint density at radius 2 is 1.68 bits per heavy atom. The van der Waals surface area contributed by atoms with E-state index in [-0.39, 0.29) is 5.69 Å². The van der Waals surface area contributed by atoms with Crippen LogP contribution in [0.5, 0.6) is 0 Å². The van der Waals surface area contributed by atoms with Crippen molar-refractivity contribution in [2.45, 2.75) is 0 Å². The van der Waals surface area contributed by atoms with Gasteiger partial charge in [-0.2, -0.15) is 5.26 Å². The van der Waals surface area contributed by atoms with Crippen LogP contribution in [0, 0.1) is 17.1 Å². The molecule has 0 spiro atoms. The first kappa shape index (κ1) is 16.7. The van der Waals surface area contributed by atoms with Gasteiger partial charge in [-0.1, -0.05) is 48.0 Å². The van der Waals surface area contributed by atoms with Gasteiger partial charge in [-0.25, -0.2) is 4.39 Å². The zero-order valence-corrected chi connectivity index (χ0v) is 13.7. The summed E-state index contributed by atoms with van der Waals surface area (Å²) < 4.78 is 13.9. The average Bonchev–Trinajstić information content (AvgIpc) is 2.64. The number of hydrogen-bond donors (Lipinski definition) is 1. The number of nitrogens with zero attached hydrogens (tertiary/aromatic N) is 1. The molecule has 1 amide bonds. The second kappa shape index (κ2) is 7.16. The van der Waals surface area contributed by atoms with E-state index in [1.54, 1.807) is 48.5 Å². The highest BCUT2D eigenvalue weighted by atomic mass is 35.5. The van der Waals surface area contributed by atoms with E-state index >= 15 is 0 Å².